The van der Waals surface area contributed by atoms with E-state index in [2.05, 4.69) is 15.1 Å². The molecule has 1 heterocycles. The van der Waals surface area contributed by atoms with Crippen LogP contribution in [-0.4, -0.2) is 53.8 Å². The first kappa shape index (κ1) is 21.3. The number of halogens is 1. The van der Waals surface area contributed by atoms with Gasteiger partial charge in [-0.25, -0.2) is 0 Å². The molecule has 0 radical (unpaired) electrons. The molecule has 5 fully saturated rings. The lowest BCUT2D eigenvalue weighted by molar-refractivity contribution is -0.159. The first-order chi connectivity index (χ1) is 14.9. The molecule has 2 amide bonds. The zero-order valence-corrected chi connectivity index (χ0v) is 19.2. The van der Waals surface area contributed by atoms with Gasteiger partial charge in [0.2, 0.25) is 11.8 Å². The molecule has 0 spiro atoms. The Kier molecular flexibility index (Phi) is 5.76. The van der Waals surface area contributed by atoms with Crippen LogP contribution in [0.15, 0.2) is 24.3 Å². The van der Waals surface area contributed by atoms with E-state index in [9.17, 15) is 9.59 Å². The molecule has 1 aromatic rings. The van der Waals surface area contributed by atoms with Gasteiger partial charge in [-0.1, -0.05) is 23.7 Å². The lowest BCUT2D eigenvalue weighted by Gasteiger charge is -2.57. The van der Waals surface area contributed by atoms with Crippen LogP contribution >= 0.6 is 11.6 Å². The van der Waals surface area contributed by atoms with Crippen molar-refractivity contribution in [3.05, 3.63) is 34.9 Å². The zero-order chi connectivity index (χ0) is 21.6. The highest BCUT2D eigenvalue weighted by atomic mass is 35.5. The van der Waals surface area contributed by atoms with Crippen LogP contribution < -0.4 is 5.32 Å². The molecule has 5 aliphatic rings. The average Bonchev–Trinajstić information content (AvgIpc) is 2.76. The SMILES string of the molecule is CC(C(=O)NCc1ccc(Cl)cc1)N1CCN(C(=O)C23CC4CC(CC(C4)C2)C3)CC1. The number of nitrogens with one attached hydrogen (secondary N) is 1. The number of amides is 2. The Hall–Kier alpha value is -1.59. The Bertz CT molecular complexity index is 796. The largest absolute Gasteiger partial charge is 0.351 e. The monoisotopic (exact) mass is 443 g/mol. The Morgan fingerprint density at radius 2 is 1.55 bits per heavy atom. The molecule has 1 saturated heterocycles. The van der Waals surface area contributed by atoms with Gasteiger partial charge < -0.3 is 10.2 Å². The number of benzene rings is 1. The van der Waals surface area contributed by atoms with Gasteiger partial charge >= 0.3 is 0 Å². The van der Waals surface area contributed by atoms with Gasteiger partial charge in [-0.3, -0.25) is 14.5 Å². The van der Waals surface area contributed by atoms with Crippen molar-refractivity contribution in [2.24, 2.45) is 23.2 Å². The minimum Gasteiger partial charge on any atom is -0.351 e. The van der Waals surface area contributed by atoms with E-state index in [-0.39, 0.29) is 17.4 Å². The highest BCUT2D eigenvalue weighted by molar-refractivity contribution is 6.30. The molecule has 31 heavy (non-hydrogen) atoms. The van der Waals surface area contributed by atoms with E-state index in [0.717, 1.165) is 68.8 Å². The summed E-state index contributed by atoms with van der Waals surface area (Å²) < 4.78 is 0. The molecule has 5 nitrogen and oxygen atoms in total. The van der Waals surface area contributed by atoms with Crippen LogP contribution in [0.4, 0.5) is 0 Å². The van der Waals surface area contributed by atoms with Crippen LogP contribution in [-0.2, 0) is 16.1 Å². The van der Waals surface area contributed by atoms with Gasteiger partial charge in [0.05, 0.1) is 11.5 Å². The summed E-state index contributed by atoms with van der Waals surface area (Å²) >= 11 is 5.93. The third-order valence-corrected chi connectivity index (χ3v) is 8.65. The van der Waals surface area contributed by atoms with Gasteiger partial charge in [-0.2, -0.15) is 0 Å². The topological polar surface area (TPSA) is 52.7 Å². The Morgan fingerprint density at radius 3 is 2.10 bits per heavy atom. The number of carbonyl (C=O) groups excluding carboxylic acids is 2. The smallest absolute Gasteiger partial charge is 0.237 e. The van der Waals surface area contributed by atoms with Gasteiger partial charge in [0, 0.05) is 37.7 Å². The predicted molar refractivity (Wildman–Crippen MR) is 122 cm³/mol. The summed E-state index contributed by atoms with van der Waals surface area (Å²) in [7, 11) is 0. The summed E-state index contributed by atoms with van der Waals surface area (Å²) in [5.41, 5.74) is 0.981. The van der Waals surface area contributed by atoms with E-state index in [4.69, 9.17) is 11.6 Å². The van der Waals surface area contributed by atoms with Crippen LogP contribution in [0.3, 0.4) is 0 Å². The molecular formula is C25H34ClN3O2. The van der Waals surface area contributed by atoms with Crippen molar-refractivity contribution >= 4 is 23.4 Å². The third-order valence-electron chi connectivity index (χ3n) is 8.40. The lowest BCUT2D eigenvalue weighted by Crippen LogP contribution is -2.60. The minimum absolute atomic E-state index is 0.0378. The van der Waals surface area contributed by atoms with Gasteiger partial charge in [0.1, 0.15) is 0 Å². The highest BCUT2D eigenvalue weighted by Gasteiger charge is 2.55. The van der Waals surface area contributed by atoms with Crippen molar-refractivity contribution in [1.29, 1.82) is 0 Å². The summed E-state index contributed by atoms with van der Waals surface area (Å²) in [5, 5.41) is 3.73. The first-order valence-electron chi connectivity index (χ1n) is 12.0. The average molecular weight is 444 g/mol. The van der Waals surface area contributed by atoms with Crippen molar-refractivity contribution in [2.45, 2.75) is 58.0 Å². The quantitative estimate of drug-likeness (QED) is 0.754. The molecule has 4 bridgehead atoms. The molecule has 168 valence electrons. The van der Waals surface area contributed by atoms with Crippen LogP contribution in [0.25, 0.3) is 0 Å². The van der Waals surface area contributed by atoms with Crippen LogP contribution in [0.2, 0.25) is 5.02 Å². The minimum atomic E-state index is -0.191. The van der Waals surface area contributed by atoms with Crippen molar-refractivity contribution in [3.8, 4) is 0 Å². The predicted octanol–water partition coefficient (Wildman–Crippen LogP) is 3.71. The number of nitrogens with zero attached hydrogens (tertiary/aromatic N) is 2. The van der Waals surface area contributed by atoms with Gasteiger partial charge in [0.25, 0.3) is 0 Å². The Labute approximate surface area is 190 Å². The number of hydrogen-bond donors (Lipinski definition) is 1. The summed E-state index contributed by atoms with van der Waals surface area (Å²) in [6, 6.07) is 7.35. The normalized spacial score (nSPS) is 33.4. The van der Waals surface area contributed by atoms with E-state index in [1.54, 1.807) is 0 Å². The first-order valence-corrected chi connectivity index (χ1v) is 12.4. The number of piperazine rings is 1. The van der Waals surface area contributed by atoms with Crippen LogP contribution in [0.5, 0.6) is 0 Å². The summed E-state index contributed by atoms with van der Waals surface area (Å²) in [4.78, 5) is 30.6. The number of carbonyl (C=O) groups is 2. The van der Waals surface area contributed by atoms with E-state index >= 15 is 0 Å². The van der Waals surface area contributed by atoms with E-state index in [1.165, 1.54) is 19.3 Å². The molecule has 1 aromatic carbocycles. The van der Waals surface area contributed by atoms with Crippen molar-refractivity contribution in [2.75, 3.05) is 26.2 Å². The second-order valence-corrected chi connectivity index (χ2v) is 11.0. The molecule has 1 N–H and O–H groups in total. The summed E-state index contributed by atoms with van der Waals surface area (Å²) in [5.74, 6) is 2.84. The molecule has 1 unspecified atom stereocenters. The zero-order valence-electron chi connectivity index (χ0n) is 18.5. The molecule has 6 rings (SSSR count). The molecule has 4 saturated carbocycles. The van der Waals surface area contributed by atoms with Crippen molar-refractivity contribution < 1.29 is 9.59 Å². The Balaban J connectivity index is 1.13. The van der Waals surface area contributed by atoms with Gasteiger partial charge in [-0.15, -0.1) is 0 Å². The maximum atomic E-state index is 13.6. The second-order valence-electron chi connectivity index (χ2n) is 10.5. The molecule has 0 aromatic heterocycles. The number of hydrogen-bond acceptors (Lipinski definition) is 3. The van der Waals surface area contributed by atoms with Crippen LogP contribution in [0, 0.1) is 23.2 Å². The van der Waals surface area contributed by atoms with E-state index in [0.29, 0.717) is 17.5 Å². The van der Waals surface area contributed by atoms with Crippen molar-refractivity contribution in [1.82, 2.24) is 15.1 Å². The third kappa shape index (κ3) is 4.23. The fourth-order valence-corrected chi connectivity index (χ4v) is 7.25. The fourth-order valence-electron chi connectivity index (χ4n) is 7.13. The number of rotatable bonds is 5. The summed E-state index contributed by atoms with van der Waals surface area (Å²) in [6.45, 7) is 5.50. The molecule has 6 heteroatoms. The Morgan fingerprint density at radius 1 is 1.00 bits per heavy atom. The summed E-state index contributed by atoms with van der Waals surface area (Å²) in [6.07, 6.45) is 7.47. The lowest BCUT2D eigenvalue weighted by atomic mass is 9.49. The standard InChI is InChI=1S/C25H34ClN3O2/c1-17(23(30)27-16-18-2-4-22(26)5-3-18)28-6-8-29(9-7-28)24(31)25-13-19-10-20(14-25)12-21(11-19)15-25/h2-5,17,19-21H,6-16H2,1H3,(H,27,30). The molecular weight excluding hydrogens is 410 g/mol. The fraction of sp³-hybridized carbons (Fsp3) is 0.680. The maximum absolute atomic E-state index is 13.6. The van der Waals surface area contributed by atoms with Gasteiger partial charge in [0.15, 0.2) is 0 Å². The molecule has 1 atom stereocenters. The van der Waals surface area contributed by atoms with Crippen molar-refractivity contribution in [3.63, 3.8) is 0 Å². The molecule has 4 aliphatic carbocycles. The molecule has 1 aliphatic heterocycles. The highest BCUT2D eigenvalue weighted by Crippen LogP contribution is 2.60. The van der Waals surface area contributed by atoms with Gasteiger partial charge in [-0.05, 0) is 80.9 Å². The maximum Gasteiger partial charge on any atom is 0.237 e. The van der Waals surface area contributed by atoms with Crippen LogP contribution in [0.1, 0.15) is 51.0 Å². The van der Waals surface area contributed by atoms with E-state index in [1.807, 2.05) is 31.2 Å². The second kappa shape index (κ2) is 8.40. The van der Waals surface area contributed by atoms with E-state index < -0.39 is 0 Å².